The third-order valence-corrected chi connectivity index (χ3v) is 3.58. The molecule has 0 saturated heterocycles. The van der Waals surface area contributed by atoms with Crippen LogP contribution in [0.3, 0.4) is 0 Å². The first-order valence-electron chi connectivity index (χ1n) is 7.27. The van der Waals surface area contributed by atoms with Gasteiger partial charge >= 0.3 is 5.97 Å². The quantitative estimate of drug-likeness (QED) is 0.757. The molecular weight excluding hydrogens is 266 g/mol. The van der Waals surface area contributed by atoms with Crippen molar-refractivity contribution in [3.05, 3.63) is 34.9 Å². The molecule has 1 amide bonds. The van der Waals surface area contributed by atoms with Crippen molar-refractivity contribution < 1.29 is 14.3 Å². The number of amides is 1. The van der Waals surface area contributed by atoms with Gasteiger partial charge in [0.15, 0.2) is 0 Å². The van der Waals surface area contributed by atoms with Crippen molar-refractivity contribution in [2.75, 3.05) is 13.7 Å². The topological polar surface area (TPSA) is 46.6 Å². The van der Waals surface area contributed by atoms with E-state index in [0.29, 0.717) is 12.8 Å². The lowest BCUT2D eigenvalue weighted by Gasteiger charge is -2.25. The van der Waals surface area contributed by atoms with E-state index in [0.717, 1.165) is 0 Å². The van der Waals surface area contributed by atoms with Crippen LogP contribution >= 0.6 is 0 Å². The molecule has 4 heteroatoms. The second kappa shape index (κ2) is 7.81. The highest BCUT2D eigenvalue weighted by Crippen LogP contribution is 2.14. The van der Waals surface area contributed by atoms with E-state index < -0.39 is 0 Å². The molecule has 0 spiro atoms. The molecule has 0 N–H and O–H groups in total. The smallest absolute Gasteiger partial charge is 0.325 e. The van der Waals surface area contributed by atoms with Gasteiger partial charge in [0.25, 0.3) is 0 Å². The summed E-state index contributed by atoms with van der Waals surface area (Å²) in [6, 6.07) is 6.23. The van der Waals surface area contributed by atoms with Gasteiger partial charge in [-0.25, -0.2) is 0 Å². The Kier molecular flexibility index (Phi) is 6.40. The first-order chi connectivity index (χ1) is 9.85. The van der Waals surface area contributed by atoms with Crippen molar-refractivity contribution >= 4 is 11.9 Å². The van der Waals surface area contributed by atoms with Crippen LogP contribution in [0.25, 0.3) is 0 Å². The Balaban J connectivity index is 2.67. The number of carbonyl (C=O) groups is 2. The zero-order chi connectivity index (χ0) is 16.0. The monoisotopic (exact) mass is 291 g/mol. The van der Waals surface area contributed by atoms with Crippen molar-refractivity contribution in [2.45, 2.75) is 46.6 Å². The first kappa shape index (κ1) is 17.2. The number of nitrogens with zero attached hydrogens (tertiary/aromatic N) is 1. The fourth-order valence-corrected chi connectivity index (χ4v) is 2.27. The SMILES string of the molecule is COC(=O)CN(C(=O)CCc1ccc(C)cc1C)C(C)C. The standard InChI is InChI=1S/C17H25NO3/c1-12(2)18(11-17(20)21-5)16(19)9-8-15-7-6-13(3)10-14(15)4/h6-7,10,12H,8-9,11H2,1-5H3. The molecule has 1 aromatic carbocycles. The maximum absolute atomic E-state index is 12.3. The van der Waals surface area contributed by atoms with Crippen LogP contribution in [-0.2, 0) is 20.7 Å². The van der Waals surface area contributed by atoms with Crippen molar-refractivity contribution in [1.82, 2.24) is 4.90 Å². The van der Waals surface area contributed by atoms with Gasteiger partial charge in [-0.15, -0.1) is 0 Å². The average molecular weight is 291 g/mol. The number of benzene rings is 1. The predicted molar refractivity (Wildman–Crippen MR) is 83.1 cm³/mol. The van der Waals surface area contributed by atoms with Crippen LogP contribution in [0.15, 0.2) is 18.2 Å². The van der Waals surface area contributed by atoms with Crippen molar-refractivity contribution in [3.8, 4) is 0 Å². The van der Waals surface area contributed by atoms with E-state index in [1.165, 1.54) is 23.8 Å². The molecule has 0 heterocycles. The largest absolute Gasteiger partial charge is 0.468 e. The summed E-state index contributed by atoms with van der Waals surface area (Å²) in [4.78, 5) is 25.3. The van der Waals surface area contributed by atoms with Crippen LogP contribution in [0.5, 0.6) is 0 Å². The number of carbonyl (C=O) groups excluding carboxylic acids is 2. The van der Waals surface area contributed by atoms with Crippen LogP contribution in [0.1, 0.15) is 37.0 Å². The molecule has 116 valence electrons. The van der Waals surface area contributed by atoms with Gasteiger partial charge in [-0.3, -0.25) is 9.59 Å². The fourth-order valence-electron chi connectivity index (χ4n) is 2.27. The molecular formula is C17H25NO3. The van der Waals surface area contributed by atoms with Gasteiger partial charge in [0.2, 0.25) is 5.91 Å². The van der Waals surface area contributed by atoms with E-state index in [-0.39, 0.29) is 24.5 Å². The number of esters is 1. The number of ether oxygens (including phenoxy) is 1. The summed E-state index contributed by atoms with van der Waals surface area (Å²) in [6.45, 7) is 7.93. The normalized spacial score (nSPS) is 10.6. The van der Waals surface area contributed by atoms with Crippen LogP contribution in [-0.4, -0.2) is 36.5 Å². The molecule has 0 aliphatic carbocycles. The van der Waals surface area contributed by atoms with Crippen molar-refractivity contribution in [1.29, 1.82) is 0 Å². The minimum absolute atomic E-state index is 0.0138. The highest BCUT2D eigenvalue weighted by molar-refractivity contribution is 5.82. The lowest BCUT2D eigenvalue weighted by molar-refractivity contribution is -0.148. The maximum atomic E-state index is 12.3. The minimum Gasteiger partial charge on any atom is -0.468 e. The summed E-state index contributed by atoms with van der Waals surface area (Å²) in [5.41, 5.74) is 3.60. The Hall–Kier alpha value is -1.84. The molecule has 0 aliphatic rings. The van der Waals surface area contributed by atoms with Crippen LogP contribution in [0, 0.1) is 13.8 Å². The van der Waals surface area contributed by atoms with Crippen LogP contribution in [0.4, 0.5) is 0 Å². The summed E-state index contributed by atoms with van der Waals surface area (Å²) < 4.78 is 4.64. The van der Waals surface area contributed by atoms with E-state index in [1.807, 2.05) is 13.8 Å². The van der Waals surface area contributed by atoms with Gasteiger partial charge in [0.05, 0.1) is 7.11 Å². The molecule has 0 atom stereocenters. The molecule has 0 bridgehead atoms. The molecule has 0 saturated carbocycles. The van der Waals surface area contributed by atoms with Crippen molar-refractivity contribution in [3.63, 3.8) is 0 Å². The van der Waals surface area contributed by atoms with Gasteiger partial charge in [-0.1, -0.05) is 23.8 Å². The Morgan fingerprint density at radius 2 is 1.90 bits per heavy atom. The third kappa shape index (κ3) is 5.21. The van der Waals surface area contributed by atoms with E-state index in [9.17, 15) is 9.59 Å². The highest BCUT2D eigenvalue weighted by atomic mass is 16.5. The predicted octanol–water partition coefficient (Wildman–Crippen LogP) is 2.65. The van der Waals surface area contributed by atoms with Crippen LogP contribution < -0.4 is 0 Å². The molecule has 0 radical (unpaired) electrons. The Morgan fingerprint density at radius 3 is 2.43 bits per heavy atom. The zero-order valence-electron chi connectivity index (χ0n) is 13.6. The summed E-state index contributed by atoms with van der Waals surface area (Å²) in [7, 11) is 1.33. The molecule has 0 fully saturated rings. The Morgan fingerprint density at radius 1 is 1.24 bits per heavy atom. The molecule has 0 aliphatic heterocycles. The van der Waals surface area contributed by atoms with Crippen LogP contribution in [0.2, 0.25) is 0 Å². The molecule has 1 rings (SSSR count). The zero-order valence-corrected chi connectivity index (χ0v) is 13.6. The Bertz CT molecular complexity index is 509. The lowest BCUT2D eigenvalue weighted by atomic mass is 10.0. The Labute approximate surface area is 127 Å². The minimum atomic E-state index is -0.386. The molecule has 0 unspecified atom stereocenters. The second-order valence-electron chi connectivity index (χ2n) is 5.62. The third-order valence-electron chi connectivity index (χ3n) is 3.58. The van der Waals surface area contributed by atoms with Gasteiger partial charge in [-0.05, 0) is 45.2 Å². The van der Waals surface area contributed by atoms with Gasteiger partial charge in [0.1, 0.15) is 6.54 Å². The van der Waals surface area contributed by atoms with E-state index >= 15 is 0 Å². The number of hydrogen-bond acceptors (Lipinski definition) is 3. The van der Waals surface area contributed by atoms with Gasteiger partial charge < -0.3 is 9.64 Å². The maximum Gasteiger partial charge on any atom is 0.325 e. The molecule has 4 nitrogen and oxygen atoms in total. The second-order valence-corrected chi connectivity index (χ2v) is 5.62. The average Bonchev–Trinajstić information content (AvgIpc) is 2.42. The molecule has 1 aromatic rings. The number of aryl methyl sites for hydroxylation is 3. The summed E-state index contributed by atoms with van der Waals surface area (Å²) in [6.07, 6.45) is 1.09. The lowest BCUT2D eigenvalue weighted by Crippen LogP contribution is -2.41. The number of rotatable bonds is 6. The first-order valence-corrected chi connectivity index (χ1v) is 7.27. The number of methoxy groups -OCH3 is 1. The summed E-state index contributed by atoms with van der Waals surface area (Å²) in [5, 5.41) is 0. The molecule has 21 heavy (non-hydrogen) atoms. The van der Waals surface area contributed by atoms with Gasteiger partial charge in [-0.2, -0.15) is 0 Å². The van der Waals surface area contributed by atoms with Gasteiger partial charge in [0, 0.05) is 12.5 Å². The highest BCUT2D eigenvalue weighted by Gasteiger charge is 2.20. The summed E-state index contributed by atoms with van der Waals surface area (Å²) >= 11 is 0. The van der Waals surface area contributed by atoms with Crippen molar-refractivity contribution in [2.24, 2.45) is 0 Å². The van der Waals surface area contributed by atoms with E-state index in [4.69, 9.17) is 0 Å². The molecule has 0 aromatic heterocycles. The fraction of sp³-hybridized carbons (Fsp3) is 0.529. The van der Waals surface area contributed by atoms with E-state index in [2.05, 4.69) is 36.8 Å². The summed E-state index contributed by atoms with van der Waals surface area (Å²) in [5.74, 6) is -0.404. The van der Waals surface area contributed by atoms with E-state index in [1.54, 1.807) is 4.90 Å². The number of hydrogen-bond donors (Lipinski definition) is 0.